The first kappa shape index (κ1) is 17.7. The molecule has 0 aliphatic carbocycles. The molecule has 0 aliphatic rings. The van der Waals surface area contributed by atoms with Crippen LogP contribution in [-0.4, -0.2) is 29.8 Å². The van der Waals surface area contributed by atoms with Gasteiger partial charge in [0.1, 0.15) is 6.61 Å². The van der Waals surface area contributed by atoms with E-state index in [0.29, 0.717) is 11.4 Å². The number of rotatable bonds is 5. The molecule has 0 fully saturated rings. The largest absolute Gasteiger partial charge is 0.465 e. The molecule has 126 valence electrons. The van der Waals surface area contributed by atoms with E-state index in [9.17, 15) is 14.4 Å². The Bertz CT molecular complexity index is 809. The van der Waals surface area contributed by atoms with Crippen LogP contribution in [0, 0.1) is 6.92 Å². The molecule has 0 saturated carbocycles. The summed E-state index contributed by atoms with van der Waals surface area (Å²) in [6, 6.07) is 6.55. The predicted octanol–water partition coefficient (Wildman–Crippen LogP) is 3.06. The van der Waals surface area contributed by atoms with E-state index in [-0.39, 0.29) is 28.3 Å². The van der Waals surface area contributed by atoms with Gasteiger partial charge in [-0.3, -0.25) is 9.59 Å². The summed E-state index contributed by atoms with van der Waals surface area (Å²) in [6.07, 6.45) is 0. The fraction of sp³-hybridized carbons (Fsp3) is 0.235. The van der Waals surface area contributed by atoms with Gasteiger partial charge >= 0.3 is 11.9 Å². The molecular weight excluding hydrogens is 334 g/mol. The molecule has 0 aliphatic heterocycles. The third-order valence-corrected chi connectivity index (χ3v) is 3.75. The SMILES string of the molecule is COC(=O)c1c(COC(C)=O)[nH]c(C)c1C(=O)c1ccccc1Cl. The number of ether oxygens (including phenoxy) is 2. The van der Waals surface area contributed by atoms with Crippen LogP contribution in [-0.2, 0) is 20.9 Å². The molecule has 0 bridgehead atoms. The Balaban J connectivity index is 2.56. The highest BCUT2D eigenvalue weighted by molar-refractivity contribution is 6.35. The Kier molecular flexibility index (Phi) is 5.41. The lowest BCUT2D eigenvalue weighted by molar-refractivity contribution is -0.142. The van der Waals surface area contributed by atoms with Crippen LogP contribution < -0.4 is 0 Å². The minimum absolute atomic E-state index is 0.0427. The number of esters is 2. The smallest absolute Gasteiger partial charge is 0.340 e. The minimum Gasteiger partial charge on any atom is -0.465 e. The van der Waals surface area contributed by atoms with E-state index in [1.807, 2.05) is 0 Å². The number of carbonyl (C=O) groups is 3. The lowest BCUT2D eigenvalue weighted by Crippen LogP contribution is -2.13. The second-order valence-corrected chi connectivity index (χ2v) is 5.47. The molecule has 6 nitrogen and oxygen atoms in total. The summed E-state index contributed by atoms with van der Waals surface area (Å²) in [5, 5.41) is 0.278. The second kappa shape index (κ2) is 7.31. The average Bonchev–Trinajstić information content (AvgIpc) is 2.88. The van der Waals surface area contributed by atoms with Crippen LogP contribution >= 0.6 is 11.6 Å². The molecule has 0 amide bonds. The molecule has 1 aromatic heterocycles. The maximum absolute atomic E-state index is 12.9. The number of H-pyrrole nitrogens is 1. The summed E-state index contributed by atoms with van der Waals surface area (Å²) >= 11 is 6.08. The van der Waals surface area contributed by atoms with Gasteiger partial charge in [-0.15, -0.1) is 0 Å². The average molecular weight is 350 g/mol. The van der Waals surface area contributed by atoms with E-state index in [1.54, 1.807) is 31.2 Å². The van der Waals surface area contributed by atoms with Gasteiger partial charge < -0.3 is 14.5 Å². The molecular formula is C17H16ClNO5. The van der Waals surface area contributed by atoms with Crippen LogP contribution in [0.15, 0.2) is 24.3 Å². The van der Waals surface area contributed by atoms with Gasteiger partial charge in [0.05, 0.1) is 29.0 Å². The molecule has 0 unspecified atom stereocenters. The van der Waals surface area contributed by atoms with E-state index in [2.05, 4.69) is 4.98 Å². The Labute approximate surface area is 143 Å². The van der Waals surface area contributed by atoms with E-state index in [4.69, 9.17) is 21.1 Å². The van der Waals surface area contributed by atoms with Gasteiger partial charge in [-0.25, -0.2) is 4.79 Å². The van der Waals surface area contributed by atoms with Crippen molar-refractivity contribution in [3.63, 3.8) is 0 Å². The van der Waals surface area contributed by atoms with E-state index >= 15 is 0 Å². The monoisotopic (exact) mass is 349 g/mol. The zero-order valence-electron chi connectivity index (χ0n) is 13.4. The lowest BCUT2D eigenvalue weighted by atomic mass is 9.99. The Hall–Kier alpha value is -2.60. The van der Waals surface area contributed by atoms with Crippen LogP contribution in [0.2, 0.25) is 5.02 Å². The normalized spacial score (nSPS) is 10.3. The Morgan fingerprint density at radius 1 is 1.17 bits per heavy atom. The summed E-state index contributed by atoms with van der Waals surface area (Å²) in [5.41, 5.74) is 1.22. The van der Waals surface area contributed by atoms with E-state index < -0.39 is 17.7 Å². The molecule has 0 saturated heterocycles. The Morgan fingerprint density at radius 2 is 1.83 bits per heavy atom. The molecule has 1 N–H and O–H groups in total. The van der Waals surface area contributed by atoms with Crippen LogP contribution in [0.25, 0.3) is 0 Å². The molecule has 0 spiro atoms. The number of aromatic amines is 1. The van der Waals surface area contributed by atoms with Crippen molar-refractivity contribution in [2.75, 3.05) is 7.11 Å². The molecule has 2 rings (SSSR count). The maximum Gasteiger partial charge on any atom is 0.340 e. The highest BCUT2D eigenvalue weighted by atomic mass is 35.5. The molecule has 1 heterocycles. The zero-order chi connectivity index (χ0) is 17.9. The standard InChI is InChI=1S/C17H16ClNO5/c1-9-14(16(21)11-6-4-5-7-12(11)18)15(17(22)23-3)13(19-9)8-24-10(2)20/h4-7,19H,8H2,1-3H3. The first-order valence-corrected chi connectivity index (χ1v) is 7.47. The van der Waals surface area contributed by atoms with Gasteiger partial charge in [-0.05, 0) is 19.1 Å². The van der Waals surface area contributed by atoms with Crippen molar-refractivity contribution < 1.29 is 23.9 Å². The third kappa shape index (κ3) is 3.49. The van der Waals surface area contributed by atoms with E-state index in [0.717, 1.165) is 0 Å². The van der Waals surface area contributed by atoms with Crippen LogP contribution in [0.4, 0.5) is 0 Å². The fourth-order valence-electron chi connectivity index (χ4n) is 2.36. The minimum atomic E-state index is -0.697. The fourth-order valence-corrected chi connectivity index (χ4v) is 2.58. The van der Waals surface area contributed by atoms with Crippen LogP contribution in [0.5, 0.6) is 0 Å². The first-order chi connectivity index (χ1) is 11.4. The number of nitrogens with one attached hydrogen (secondary N) is 1. The number of aryl methyl sites for hydroxylation is 1. The lowest BCUT2D eigenvalue weighted by Gasteiger charge is -2.07. The van der Waals surface area contributed by atoms with Crippen molar-refractivity contribution in [3.8, 4) is 0 Å². The van der Waals surface area contributed by atoms with Gasteiger partial charge in [-0.2, -0.15) is 0 Å². The summed E-state index contributed by atoms with van der Waals surface area (Å²) in [5.74, 6) is -1.61. The summed E-state index contributed by atoms with van der Waals surface area (Å²) < 4.78 is 9.69. The number of ketones is 1. The highest BCUT2D eigenvalue weighted by Gasteiger charge is 2.28. The summed E-state index contributed by atoms with van der Waals surface area (Å²) in [4.78, 5) is 39.0. The van der Waals surface area contributed by atoms with Crippen molar-refractivity contribution in [3.05, 3.63) is 57.4 Å². The summed E-state index contributed by atoms with van der Waals surface area (Å²) in [7, 11) is 1.21. The highest BCUT2D eigenvalue weighted by Crippen LogP contribution is 2.26. The van der Waals surface area contributed by atoms with Gasteiger partial charge in [-0.1, -0.05) is 23.7 Å². The number of hydrogen-bond acceptors (Lipinski definition) is 5. The number of aromatic nitrogens is 1. The molecule has 24 heavy (non-hydrogen) atoms. The number of carbonyl (C=O) groups excluding carboxylic acids is 3. The van der Waals surface area contributed by atoms with Gasteiger partial charge in [0, 0.05) is 18.2 Å². The molecule has 7 heteroatoms. The van der Waals surface area contributed by atoms with Gasteiger partial charge in [0.15, 0.2) is 5.78 Å². The Morgan fingerprint density at radius 3 is 2.42 bits per heavy atom. The number of benzene rings is 1. The van der Waals surface area contributed by atoms with Crippen molar-refractivity contribution >= 4 is 29.3 Å². The third-order valence-electron chi connectivity index (χ3n) is 3.42. The molecule has 1 aromatic carbocycles. The maximum atomic E-state index is 12.9. The quantitative estimate of drug-likeness (QED) is 0.662. The molecule has 2 aromatic rings. The van der Waals surface area contributed by atoms with Crippen molar-refractivity contribution in [1.29, 1.82) is 0 Å². The first-order valence-electron chi connectivity index (χ1n) is 7.09. The van der Waals surface area contributed by atoms with Gasteiger partial charge in [0.25, 0.3) is 0 Å². The summed E-state index contributed by atoms with van der Waals surface area (Å²) in [6.45, 7) is 2.73. The van der Waals surface area contributed by atoms with E-state index in [1.165, 1.54) is 14.0 Å². The second-order valence-electron chi connectivity index (χ2n) is 5.06. The van der Waals surface area contributed by atoms with Crippen molar-refractivity contribution in [2.45, 2.75) is 20.5 Å². The van der Waals surface area contributed by atoms with Crippen molar-refractivity contribution in [1.82, 2.24) is 4.98 Å². The predicted molar refractivity (Wildman–Crippen MR) is 87.2 cm³/mol. The van der Waals surface area contributed by atoms with Crippen molar-refractivity contribution in [2.24, 2.45) is 0 Å². The van der Waals surface area contributed by atoms with Crippen LogP contribution in [0.1, 0.15) is 44.6 Å². The number of methoxy groups -OCH3 is 1. The van der Waals surface area contributed by atoms with Crippen LogP contribution in [0.3, 0.4) is 0 Å². The zero-order valence-corrected chi connectivity index (χ0v) is 14.2. The molecule has 0 radical (unpaired) electrons. The topological polar surface area (TPSA) is 85.5 Å². The number of halogens is 1. The van der Waals surface area contributed by atoms with Gasteiger partial charge in [0.2, 0.25) is 0 Å². The molecule has 0 atom stereocenters. The number of hydrogen-bond donors (Lipinski definition) is 1.